The molecule has 2 unspecified atom stereocenters. The molecule has 1 aromatic carbocycles. The van der Waals surface area contributed by atoms with E-state index in [1.54, 1.807) is 0 Å². The summed E-state index contributed by atoms with van der Waals surface area (Å²) in [5.74, 6) is 0. The first kappa shape index (κ1) is 20.5. The number of nitrogens with zero attached hydrogens (tertiary/aromatic N) is 2. The highest BCUT2D eigenvalue weighted by Gasteiger charge is 2.45. The molecule has 0 saturated carbocycles. The molecule has 2 heterocycles. The molecule has 3 rings (SSSR count). The first-order valence-corrected chi connectivity index (χ1v) is 12.9. The molecular weight excluding hydrogens is 348 g/mol. The molecule has 1 saturated heterocycles. The lowest BCUT2D eigenvalue weighted by Gasteiger charge is -2.44. The van der Waals surface area contributed by atoms with Crippen LogP contribution in [0.25, 0.3) is 10.9 Å². The summed E-state index contributed by atoms with van der Waals surface area (Å²) in [5.41, 5.74) is 4.84. The minimum absolute atomic E-state index is 0.284. The fraction of sp³-hybridized carbons (Fsp3) is 0.652. The quantitative estimate of drug-likeness (QED) is 0.563. The van der Waals surface area contributed by atoms with Gasteiger partial charge in [0.2, 0.25) is 0 Å². The van der Waals surface area contributed by atoms with Crippen LogP contribution in [0.5, 0.6) is 0 Å². The van der Waals surface area contributed by atoms with Crippen molar-refractivity contribution >= 4 is 24.8 Å². The van der Waals surface area contributed by atoms with Gasteiger partial charge in [-0.1, -0.05) is 47.6 Å². The molecule has 1 aliphatic heterocycles. The molecule has 0 aliphatic carbocycles. The van der Waals surface area contributed by atoms with Crippen molar-refractivity contribution in [3.63, 3.8) is 0 Å². The Labute approximate surface area is 166 Å². The maximum absolute atomic E-state index is 5.94. The minimum Gasteiger partial charge on any atom is -0.373 e. The van der Waals surface area contributed by atoms with E-state index in [2.05, 4.69) is 95.0 Å². The van der Waals surface area contributed by atoms with Crippen molar-refractivity contribution in [2.24, 2.45) is 0 Å². The summed E-state index contributed by atoms with van der Waals surface area (Å²) < 4.78 is 8.66. The van der Waals surface area contributed by atoms with Gasteiger partial charge in [-0.15, -0.1) is 0 Å². The van der Waals surface area contributed by atoms with Crippen molar-refractivity contribution in [2.75, 3.05) is 18.0 Å². The van der Waals surface area contributed by atoms with Crippen molar-refractivity contribution < 1.29 is 4.74 Å². The second-order valence-electron chi connectivity index (χ2n) is 9.44. The number of ether oxygens (including phenoxy) is 1. The van der Waals surface area contributed by atoms with Gasteiger partial charge in [0.1, 0.15) is 0 Å². The molecule has 0 N–H and O–H groups in total. The fourth-order valence-corrected chi connectivity index (χ4v) is 12.5. The van der Waals surface area contributed by atoms with Crippen LogP contribution in [0.4, 0.5) is 5.69 Å². The van der Waals surface area contributed by atoms with Gasteiger partial charge in [-0.2, -0.15) is 0 Å². The van der Waals surface area contributed by atoms with E-state index in [4.69, 9.17) is 4.74 Å². The lowest BCUT2D eigenvalue weighted by molar-refractivity contribution is -0.00521. The maximum atomic E-state index is 5.94. The van der Waals surface area contributed by atoms with E-state index in [1.165, 1.54) is 16.6 Å². The second kappa shape index (κ2) is 7.63. The summed E-state index contributed by atoms with van der Waals surface area (Å²) in [6.45, 7) is 20.9. The smallest absolute Gasteiger partial charge is 0.169 e. The van der Waals surface area contributed by atoms with Crippen molar-refractivity contribution in [1.82, 2.24) is 4.23 Å². The molecule has 1 aliphatic rings. The third-order valence-electron chi connectivity index (χ3n) is 6.65. The normalized spacial score (nSPS) is 21.8. The molecule has 2 aromatic rings. The van der Waals surface area contributed by atoms with Gasteiger partial charge in [0.15, 0.2) is 8.24 Å². The molecule has 0 radical (unpaired) electrons. The van der Waals surface area contributed by atoms with Gasteiger partial charge in [0.25, 0.3) is 0 Å². The standard InChI is InChI=1S/C23H38N2OSi/c1-16(2)27(17(3)4,18(5)6)25-12-11-21-9-10-22(13-23(21)25)24-14-19(7)26-20(8)15-24/h9-13,16-20H,14-15H2,1-8H3. The Morgan fingerprint density at radius 1 is 0.889 bits per heavy atom. The molecule has 0 spiro atoms. The molecule has 1 fully saturated rings. The van der Waals surface area contributed by atoms with Crippen LogP contribution in [0.3, 0.4) is 0 Å². The fourth-order valence-electron chi connectivity index (χ4n) is 5.87. The van der Waals surface area contributed by atoms with Crippen LogP contribution >= 0.6 is 0 Å². The third kappa shape index (κ3) is 3.47. The molecule has 0 amide bonds. The lowest BCUT2D eigenvalue weighted by Crippen LogP contribution is -2.51. The van der Waals surface area contributed by atoms with Crippen LogP contribution in [-0.4, -0.2) is 37.8 Å². The molecule has 150 valence electrons. The van der Waals surface area contributed by atoms with E-state index < -0.39 is 8.24 Å². The minimum atomic E-state index is -1.74. The number of fused-ring (bicyclic) bond motifs is 1. The van der Waals surface area contributed by atoms with E-state index in [0.717, 1.165) is 13.1 Å². The number of hydrogen-bond acceptors (Lipinski definition) is 2. The van der Waals surface area contributed by atoms with Crippen LogP contribution < -0.4 is 4.90 Å². The van der Waals surface area contributed by atoms with Gasteiger partial charge in [-0.05, 0) is 60.3 Å². The average Bonchev–Trinajstić information content (AvgIpc) is 2.97. The molecule has 0 bridgehead atoms. The van der Waals surface area contributed by atoms with Gasteiger partial charge in [0, 0.05) is 24.3 Å². The zero-order chi connectivity index (χ0) is 19.9. The highest BCUT2D eigenvalue weighted by Crippen LogP contribution is 2.44. The van der Waals surface area contributed by atoms with Gasteiger partial charge in [-0.3, -0.25) is 0 Å². The second-order valence-corrected chi connectivity index (χ2v) is 15.2. The summed E-state index contributed by atoms with van der Waals surface area (Å²) in [6.07, 6.45) is 2.95. The number of anilines is 1. The maximum Gasteiger partial charge on any atom is 0.169 e. The van der Waals surface area contributed by atoms with E-state index in [-0.39, 0.29) is 12.2 Å². The van der Waals surface area contributed by atoms with Crippen molar-refractivity contribution in [2.45, 2.75) is 84.2 Å². The van der Waals surface area contributed by atoms with Gasteiger partial charge in [-0.25, -0.2) is 0 Å². The highest BCUT2D eigenvalue weighted by atomic mass is 28.3. The summed E-state index contributed by atoms with van der Waals surface area (Å²) >= 11 is 0. The molecule has 4 heteroatoms. The Morgan fingerprint density at radius 2 is 1.44 bits per heavy atom. The summed E-state index contributed by atoms with van der Waals surface area (Å²) in [6, 6.07) is 9.36. The van der Waals surface area contributed by atoms with Crippen LogP contribution in [0.1, 0.15) is 55.4 Å². The largest absolute Gasteiger partial charge is 0.373 e. The van der Waals surface area contributed by atoms with E-state index in [9.17, 15) is 0 Å². The lowest BCUT2D eigenvalue weighted by atomic mass is 10.1. The summed E-state index contributed by atoms with van der Waals surface area (Å²) in [7, 11) is -1.74. The Kier molecular flexibility index (Phi) is 5.79. The Morgan fingerprint density at radius 3 is 1.96 bits per heavy atom. The average molecular weight is 387 g/mol. The zero-order valence-electron chi connectivity index (χ0n) is 18.5. The first-order valence-electron chi connectivity index (χ1n) is 10.7. The topological polar surface area (TPSA) is 17.4 Å². The number of hydrogen-bond donors (Lipinski definition) is 0. The Hall–Kier alpha value is -1.26. The molecule has 27 heavy (non-hydrogen) atoms. The molecule has 3 nitrogen and oxygen atoms in total. The van der Waals surface area contributed by atoms with Crippen LogP contribution in [-0.2, 0) is 4.74 Å². The van der Waals surface area contributed by atoms with Crippen molar-refractivity contribution in [3.05, 3.63) is 30.5 Å². The number of aromatic nitrogens is 1. The highest BCUT2D eigenvalue weighted by molar-refractivity contribution is 6.82. The van der Waals surface area contributed by atoms with Gasteiger partial charge in [0.05, 0.1) is 12.2 Å². The van der Waals surface area contributed by atoms with Crippen LogP contribution in [0.2, 0.25) is 16.6 Å². The zero-order valence-corrected chi connectivity index (χ0v) is 19.5. The molecule has 1 aromatic heterocycles. The Bertz CT molecular complexity index is 748. The predicted octanol–water partition coefficient (Wildman–Crippen LogP) is 6.28. The van der Waals surface area contributed by atoms with E-state index in [0.29, 0.717) is 16.6 Å². The van der Waals surface area contributed by atoms with Crippen molar-refractivity contribution in [3.8, 4) is 0 Å². The monoisotopic (exact) mass is 386 g/mol. The number of rotatable bonds is 5. The van der Waals surface area contributed by atoms with Crippen LogP contribution in [0, 0.1) is 0 Å². The SMILES string of the molecule is CC1CN(c2ccc3ccn([Si](C(C)C)(C(C)C)C(C)C)c3c2)CC(C)O1. The molecular formula is C23H38N2OSi. The van der Waals surface area contributed by atoms with E-state index in [1.807, 2.05) is 0 Å². The predicted molar refractivity (Wildman–Crippen MR) is 121 cm³/mol. The first-order chi connectivity index (χ1) is 12.7. The van der Waals surface area contributed by atoms with Gasteiger partial charge < -0.3 is 13.9 Å². The number of morpholine rings is 1. The van der Waals surface area contributed by atoms with Gasteiger partial charge >= 0.3 is 0 Å². The van der Waals surface area contributed by atoms with E-state index >= 15 is 0 Å². The summed E-state index contributed by atoms with van der Waals surface area (Å²) in [4.78, 5) is 2.50. The Balaban J connectivity index is 2.12. The van der Waals surface area contributed by atoms with Crippen LogP contribution in [0.15, 0.2) is 30.5 Å². The number of benzene rings is 1. The molecule has 2 atom stereocenters. The third-order valence-corrected chi connectivity index (χ3v) is 13.4. The van der Waals surface area contributed by atoms with Crippen molar-refractivity contribution in [1.29, 1.82) is 0 Å². The summed E-state index contributed by atoms with van der Waals surface area (Å²) in [5, 5.41) is 1.37.